The minimum atomic E-state index is -1.80. The van der Waals surface area contributed by atoms with Crippen LogP contribution in [-0.4, -0.2) is 49.0 Å². The Hall–Kier alpha value is -3.55. The van der Waals surface area contributed by atoms with E-state index in [4.69, 9.17) is 14.2 Å². The summed E-state index contributed by atoms with van der Waals surface area (Å²) < 4.78 is 15.6. The number of carbonyl (C=O) groups is 4. The molecule has 0 amide bonds. The van der Waals surface area contributed by atoms with Gasteiger partial charge in [-0.3, -0.25) is 24.2 Å². The van der Waals surface area contributed by atoms with Crippen molar-refractivity contribution in [2.24, 2.45) is 17.3 Å². The van der Waals surface area contributed by atoms with Crippen LogP contribution < -0.4 is 0 Å². The number of rotatable bonds is 9. The lowest BCUT2D eigenvalue weighted by atomic mass is 9.70. The first-order valence-electron chi connectivity index (χ1n) is 11.3. The summed E-state index contributed by atoms with van der Waals surface area (Å²) in [5.74, 6) is -4.80. The molecular formula is C26H29NO7. The summed E-state index contributed by atoms with van der Waals surface area (Å²) in [6.45, 7) is 3.38. The fraction of sp³-hybridized carbons (Fsp3) is 0.423. The fourth-order valence-electron chi connectivity index (χ4n) is 4.99. The average molecular weight is 468 g/mol. The fourth-order valence-corrected chi connectivity index (χ4v) is 4.99. The molecule has 1 fully saturated rings. The zero-order valence-corrected chi connectivity index (χ0v) is 19.6. The molecule has 1 aliphatic rings. The quantitative estimate of drug-likeness (QED) is 0.239. The van der Waals surface area contributed by atoms with Crippen molar-refractivity contribution in [2.75, 3.05) is 20.3 Å². The molecule has 1 aliphatic carbocycles. The Bertz CT molecular complexity index is 1000. The van der Waals surface area contributed by atoms with Gasteiger partial charge >= 0.3 is 17.9 Å². The Balaban J connectivity index is 2.26. The highest BCUT2D eigenvalue weighted by molar-refractivity contribution is 6.06. The minimum Gasteiger partial charge on any atom is -0.469 e. The number of aromatic nitrogens is 1. The van der Waals surface area contributed by atoms with Crippen LogP contribution in [0.4, 0.5) is 0 Å². The molecule has 0 saturated heterocycles. The number of nitrogens with zero attached hydrogens (tertiary/aromatic N) is 1. The van der Waals surface area contributed by atoms with E-state index in [0.29, 0.717) is 11.1 Å². The maximum Gasteiger partial charge on any atom is 0.324 e. The van der Waals surface area contributed by atoms with Crippen LogP contribution in [0.3, 0.4) is 0 Å². The molecule has 180 valence electrons. The third-order valence-corrected chi connectivity index (χ3v) is 6.34. The van der Waals surface area contributed by atoms with Gasteiger partial charge in [0.15, 0.2) is 11.2 Å². The lowest BCUT2D eigenvalue weighted by Crippen LogP contribution is -2.45. The number of carbonyl (C=O) groups excluding carboxylic acids is 4. The molecule has 0 bridgehead atoms. The summed E-state index contributed by atoms with van der Waals surface area (Å²) in [7, 11) is 1.26. The van der Waals surface area contributed by atoms with Gasteiger partial charge in [-0.15, -0.1) is 0 Å². The predicted molar refractivity (Wildman–Crippen MR) is 122 cm³/mol. The molecule has 0 aliphatic heterocycles. The zero-order valence-electron chi connectivity index (χ0n) is 19.6. The molecule has 1 aromatic carbocycles. The van der Waals surface area contributed by atoms with E-state index in [1.165, 1.54) is 19.5 Å². The second-order valence-electron chi connectivity index (χ2n) is 8.17. The second kappa shape index (κ2) is 11.0. The molecule has 1 saturated carbocycles. The topological polar surface area (TPSA) is 109 Å². The molecule has 3 rings (SSSR count). The molecule has 34 heavy (non-hydrogen) atoms. The van der Waals surface area contributed by atoms with E-state index in [1.807, 2.05) is 0 Å². The molecule has 0 radical (unpaired) electrons. The lowest BCUT2D eigenvalue weighted by Gasteiger charge is -2.33. The monoisotopic (exact) mass is 467 g/mol. The van der Waals surface area contributed by atoms with Crippen LogP contribution in [-0.2, 0) is 28.6 Å². The number of methoxy groups -OCH3 is 1. The molecule has 0 N–H and O–H groups in total. The highest BCUT2D eigenvalue weighted by Crippen LogP contribution is 2.58. The van der Waals surface area contributed by atoms with Crippen LogP contribution in [0.15, 0.2) is 54.9 Å². The highest BCUT2D eigenvalue weighted by atomic mass is 16.6. The Morgan fingerprint density at radius 3 is 2.06 bits per heavy atom. The van der Waals surface area contributed by atoms with E-state index in [9.17, 15) is 19.2 Å². The van der Waals surface area contributed by atoms with Crippen LogP contribution in [0.25, 0.3) is 0 Å². The number of hydrogen-bond acceptors (Lipinski definition) is 8. The van der Waals surface area contributed by atoms with Crippen molar-refractivity contribution in [3.05, 3.63) is 66.0 Å². The van der Waals surface area contributed by atoms with Gasteiger partial charge in [-0.05, 0) is 43.9 Å². The van der Waals surface area contributed by atoms with E-state index in [1.54, 1.807) is 56.3 Å². The van der Waals surface area contributed by atoms with Crippen molar-refractivity contribution in [1.82, 2.24) is 4.98 Å². The molecular weight excluding hydrogens is 438 g/mol. The average Bonchev–Trinajstić information content (AvgIpc) is 3.20. The largest absolute Gasteiger partial charge is 0.469 e. The summed E-state index contributed by atoms with van der Waals surface area (Å²) in [4.78, 5) is 57.3. The summed E-state index contributed by atoms with van der Waals surface area (Å²) in [6.07, 6.45) is 2.85. The Morgan fingerprint density at radius 2 is 1.53 bits per heavy atom. The van der Waals surface area contributed by atoms with E-state index in [2.05, 4.69) is 4.98 Å². The van der Waals surface area contributed by atoms with E-state index >= 15 is 0 Å². The minimum absolute atomic E-state index is 0.0437. The molecule has 3 atom stereocenters. The van der Waals surface area contributed by atoms with Gasteiger partial charge in [0.05, 0.1) is 20.3 Å². The number of hydrogen-bond donors (Lipinski definition) is 0. The molecule has 1 heterocycles. The number of ketones is 1. The van der Waals surface area contributed by atoms with Crippen LogP contribution in [0.5, 0.6) is 0 Å². The Morgan fingerprint density at radius 1 is 0.941 bits per heavy atom. The van der Waals surface area contributed by atoms with Crippen molar-refractivity contribution in [3.63, 3.8) is 0 Å². The highest BCUT2D eigenvalue weighted by Gasteiger charge is 2.66. The third kappa shape index (κ3) is 4.71. The van der Waals surface area contributed by atoms with E-state index < -0.39 is 41.1 Å². The summed E-state index contributed by atoms with van der Waals surface area (Å²) >= 11 is 0. The summed E-state index contributed by atoms with van der Waals surface area (Å²) in [5.41, 5.74) is -0.816. The number of pyridine rings is 1. The number of esters is 3. The molecule has 1 aromatic heterocycles. The SMILES string of the molecule is CCOC(=O)C1(C(=O)OCC)C[C@H](CC(=O)OC)[C@@H](C(=O)c2ccccc2)[C@H]1c1ccncc1. The van der Waals surface area contributed by atoms with Crippen molar-refractivity contribution in [1.29, 1.82) is 0 Å². The molecule has 0 unspecified atom stereocenters. The lowest BCUT2D eigenvalue weighted by molar-refractivity contribution is -0.173. The molecule has 2 aromatic rings. The molecule has 8 heteroatoms. The van der Waals surface area contributed by atoms with Crippen LogP contribution in [0.1, 0.15) is 48.5 Å². The Kier molecular flexibility index (Phi) is 8.15. The number of benzene rings is 1. The van der Waals surface area contributed by atoms with Gasteiger partial charge in [-0.2, -0.15) is 0 Å². The van der Waals surface area contributed by atoms with Gasteiger partial charge < -0.3 is 14.2 Å². The smallest absolute Gasteiger partial charge is 0.324 e. The van der Waals surface area contributed by atoms with Gasteiger partial charge in [0.1, 0.15) is 0 Å². The van der Waals surface area contributed by atoms with Crippen LogP contribution in [0.2, 0.25) is 0 Å². The van der Waals surface area contributed by atoms with Crippen molar-refractivity contribution < 1.29 is 33.4 Å². The zero-order chi connectivity index (χ0) is 24.7. The number of ether oxygens (including phenoxy) is 3. The van der Waals surface area contributed by atoms with Gasteiger partial charge in [0.2, 0.25) is 0 Å². The number of Topliss-reactive ketones (excluding diaryl/α,β-unsaturated/α-hetero) is 1. The molecule has 0 spiro atoms. The van der Waals surface area contributed by atoms with Gasteiger partial charge in [0.25, 0.3) is 0 Å². The van der Waals surface area contributed by atoms with Crippen molar-refractivity contribution >= 4 is 23.7 Å². The van der Waals surface area contributed by atoms with E-state index in [-0.39, 0.29) is 31.8 Å². The maximum atomic E-state index is 13.9. The van der Waals surface area contributed by atoms with Crippen molar-refractivity contribution in [2.45, 2.75) is 32.6 Å². The Labute approximate surface area is 198 Å². The standard InChI is InChI=1S/C26H29NO7/c1-4-33-24(30)26(25(31)34-5-2)16-19(15-20(28)32-3)21(22(26)17-11-13-27-14-12-17)23(29)18-9-7-6-8-10-18/h6-14,19,21-22H,4-5,15-16H2,1-3H3/t19-,21+,22+/m0/s1. The van der Waals surface area contributed by atoms with E-state index in [0.717, 1.165) is 0 Å². The maximum absolute atomic E-state index is 13.9. The molecule has 8 nitrogen and oxygen atoms in total. The van der Waals surface area contributed by atoms with Gasteiger partial charge in [-0.25, -0.2) is 0 Å². The van der Waals surface area contributed by atoms with Crippen molar-refractivity contribution in [3.8, 4) is 0 Å². The first kappa shape index (κ1) is 25.1. The summed E-state index contributed by atoms with van der Waals surface area (Å²) in [5, 5.41) is 0. The first-order chi connectivity index (χ1) is 16.4. The van der Waals surface area contributed by atoms with Crippen LogP contribution in [0, 0.1) is 17.3 Å². The normalized spacial score (nSPS) is 20.9. The first-order valence-corrected chi connectivity index (χ1v) is 11.3. The second-order valence-corrected chi connectivity index (χ2v) is 8.17. The third-order valence-electron chi connectivity index (χ3n) is 6.34. The van der Waals surface area contributed by atoms with Gasteiger partial charge in [0, 0.05) is 36.2 Å². The van der Waals surface area contributed by atoms with Crippen LogP contribution >= 0.6 is 0 Å². The predicted octanol–water partition coefficient (Wildman–Crippen LogP) is 3.36. The van der Waals surface area contributed by atoms with Gasteiger partial charge in [-0.1, -0.05) is 30.3 Å². The summed E-state index contributed by atoms with van der Waals surface area (Å²) in [6, 6.07) is 12.0.